The van der Waals surface area contributed by atoms with Crippen molar-refractivity contribution in [2.24, 2.45) is 5.84 Å². The van der Waals surface area contributed by atoms with Crippen molar-refractivity contribution < 1.29 is 9.53 Å². The first-order valence-corrected chi connectivity index (χ1v) is 4.77. The highest BCUT2D eigenvalue weighted by Crippen LogP contribution is 2.26. The molecule has 2 heterocycles. The number of H-pyrrole nitrogens is 1. The molecule has 0 radical (unpaired) electrons. The van der Waals surface area contributed by atoms with Crippen molar-refractivity contribution in [2.75, 3.05) is 7.11 Å². The summed E-state index contributed by atoms with van der Waals surface area (Å²) in [6.45, 7) is 0. The summed E-state index contributed by atoms with van der Waals surface area (Å²) in [5.41, 5.74) is 3.56. The van der Waals surface area contributed by atoms with Crippen LogP contribution < -0.4 is 16.0 Å². The van der Waals surface area contributed by atoms with Gasteiger partial charge in [0.1, 0.15) is 10.7 Å². The first-order valence-electron chi connectivity index (χ1n) is 4.40. The maximum absolute atomic E-state index is 11.3. The predicted octanol–water partition coefficient (Wildman–Crippen LogP) is 0.828. The number of halogens is 1. The number of ether oxygens (including phenoxy) is 1. The lowest BCUT2D eigenvalue weighted by atomic mass is 10.3. The summed E-state index contributed by atoms with van der Waals surface area (Å²) in [4.78, 5) is 18.2. The van der Waals surface area contributed by atoms with Crippen LogP contribution in [0, 0.1) is 0 Å². The Morgan fingerprint density at radius 3 is 3.00 bits per heavy atom. The summed E-state index contributed by atoms with van der Waals surface area (Å²) in [5.74, 6) is 4.91. The van der Waals surface area contributed by atoms with E-state index in [1.54, 1.807) is 12.1 Å². The topological polar surface area (TPSA) is 93.0 Å². The molecule has 0 aromatic carbocycles. The van der Waals surface area contributed by atoms with Gasteiger partial charge in [-0.25, -0.2) is 10.8 Å². The molecule has 0 bridgehead atoms. The molecule has 0 saturated heterocycles. The van der Waals surface area contributed by atoms with E-state index in [9.17, 15) is 4.79 Å². The van der Waals surface area contributed by atoms with Gasteiger partial charge >= 0.3 is 0 Å². The van der Waals surface area contributed by atoms with Crippen LogP contribution in [0.4, 0.5) is 0 Å². The number of fused-ring (bicyclic) bond motifs is 1. The molecule has 0 aliphatic carbocycles. The van der Waals surface area contributed by atoms with Gasteiger partial charge in [0.05, 0.1) is 18.1 Å². The van der Waals surface area contributed by atoms with E-state index in [0.717, 1.165) is 0 Å². The Hall–Kier alpha value is -1.79. The smallest absolute Gasteiger partial charge is 0.281 e. The summed E-state index contributed by atoms with van der Waals surface area (Å²) in [6, 6.07) is 3.20. The van der Waals surface area contributed by atoms with Crippen molar-refractivity contribution in [3.63, 3.8) is 0 Å². The van der Waals surface area contributed by atoms with Crippen LogP contribution in [0.2, 0.25) is 5.02 Å². The Morgan fingerprint density at radius 1 is 1.62 bits per heavy atom. The lowest BCUT2D eigenvalue weighted by molar-refractivity contribution is 0.0949. The molecular weight excluding hydrogens is 232 g/mol. The van der Waals surface area contributed by atoms with Gasteiger partial charge in [-0.1, -0.05) is 11.6 Å². The number of pyridine rings is 1. The van der Waals surface area contributed by atoms with E-state index in [4.69, 9.17) is 22.2 Å². The minimum atomic E-state index is -0.423. The second-order valence-corrected chi connectivity index (χ2v) is 3.48. The Balaban J connectivity index is 2.58. The third kappa shape index (κ3) is 1.68. The molecule has 0 aliphatic rings. The number of hydrogen-bond donors (Lipinski definition) is 3. The number of nitrogens with two attached hydrogens (primary N) is 1. The van der Waals surface area contributed by atoms with Crippen molar-refractivity contribution >= 4 is 28.5 Å². The first-order chi connectivity index (χ1) is 7.65. The Bertz CT molecular complexity index is 552. The quantitative estimate of drug-likeness (QED) is 0.412. The zero-order chi connectivity index (χ0) is 11.7. The summed E-state index contributed by atoms with van der Waals surface area (Å²) in [6.07, 6.45) is 0. The summed E-state index contributed by atoms with van der Waals surface area (Å²) in [7, 11) is 1.47. The fraction of sp³-hybridized carbons (Fsp3) is 0.111. The Kier molecular flexibility index (Phi) is 2.67. The highest BCUT2D eigenvalue weighted by molar-refractivity contribution is 6.32. The van der Waals surface area contributed by atoms with Crippen molar-refractivity contribution in [1.29, 1.82) is 0 Å². The number of rotatable bonds is 2. The van der Waals surface area contributed by atoms with Gasteiger partial charge in [0.2, 0.25) is 5.88 Å². The number of nitrogens with one attached hydrogen (secondary N) is 2. The number of amides is 1. The van der Waals surface area contributed by atoms with Gasteiger partial charge in [0.25, 0.3) is 5.91 Å². The van der Waals surface area contributed by atoms with E-state index in [1.807, 2.05) is 5.43 Å². The average molecular weight is 241 g/mol. The van der Waals surface area contributed by atoms with Crippen LogP contribution in [0.25, 0.3) is 11.0 Å². The van der Waals surface area contributed by atoms with Crippen LogP contribution in [-0.2, 0) is 0 Å². The molecule has 6 nitrogen and oxygen atoms in total. The zero-order valence-corrected chi connectivity index (χ0v) is 9.13. The molecule has 0 fully saturated rings. The van der Waals surface area contributed by atoms with E-state index in [-0.39, 0.29) is 0 Å². The van der Waals surface area contributed by atoms with Crippen molar-refractivity contribution in [2.45, 2.75) is 0 Å². The van der Waals surface area contributed by atoms with Gasteiger partial charge in [-0.2, -0.15) is 0 Å². The van der Waals surface area contributed by atoms with Gasteiger partial charge in [-0.15, -0.1) is 0 Å². The molecule has 4 N–H and O–H groups in total. The lowest BCUT2D eigenvalue weighted by Gasteiger charge is -2.00. The largest absolute Gasteiger partial charge is 0.480 e. The van der Waals surface area contributed by atoms with E-state index < -0.39 is 5.91 Å². The molecule has 16 heavy (non-hydrogen) atoms. The first kappa shape index (κ1) is 10.7. The number of hydrogen-bond acceptors (Lipinski definition) is 4. The highest BCUT2D eigenvalue weighted by Gasteiger charge is 2.11. The molecular formula is C9H9ClN4O2. The predicted molar refractivity (Wildman–Crippen MR) is 59.3 cm³/mol. The zero-order valence-electron chi connectivity index (χ0n) is 8.37. The fourth-order valence-corrected chi connectivity index (χ4v) is 1.59. The normalized spacial score (nSPS) is 10.4. The summed E-state index contributed by atoms with van der Waals surface area (Å²) < 4.78 is 4.97. The molecule has 0 unspecified atom stereocenters. The van der Waals surface area contributed by atoms with Crippen LogP contribution in [0.1, 0.15) is 10.5 Å². The van der Waals surface area contributed by atoms with E-state index in [1.165, 1.54) is 7.11 Å². The molecule has 0 spiro atoms. The van der Waals surface area contributed by atoms with Gasteiger partial charge < -0.3 is 9.72 Å². The number of carbonyl (C=O) groups excluding carboxylic acids is 1. The minimum Gasteiger partial charge on any atom is -0.480 e. The van der Waals surface area contributed by atoms with E-state index >= 15 is 0 Å². The van der Waals surface area contributed by atoms with Gasteiger partial charge in [0, 0.05) is 0 Å². The van der Waals surface area contributed by atoms with Crippen molar-refractivity contribution in [1.82, 2.24) is 15.4 Å². The third-order valence-electron chi connectivity index (χ3n) is 2.09. The second-order valence-electron chi connectivity index (χ2n) is 3.07. The molecule has 84 valence electrons. The van der Waals surface area contributed by atoms with Crippen LogP contribution >= 0.6 is 11.6 Å². The monoisotopic (exact) mass is 240 g/mol. The average Bonchev–Trinajstić information content (AvgIpc) is 2.69. The van der Waals surface area contributed by atoms with Crippen LogP contribution in [-0.4, -0.2) is 23.0 Å². The van der Waals surface area contributed by atoms with Gasteiger partial charge in [-0.3, -0.25) is 10.2 Å². The van der Waals surface area contributed by atoms with Crippen molar-refractivity contribution in [3.8, 4) is 5.88 Å². The highest BCUT2D eigenvalue weighted by atomic mass is 35.5. The SMILES string of the molecule is COc1nc2cc(C(=O)NN)[nH]c2cc1Cl. The van der Waals surface area contributed by atoms with Crippen molar-refractivity contribution in [3.05, 3.63) is 22.8 Å². The lowest BCUT2D eigenvalue weighted by Crippen LogP contribution is -2.30. The van der Waals surface area contributed by atoms with E-state index in [2.05, 4.69) is 9.97 Å². The van der Waals surface area contributed by atoms with Gasteiger partial charge in [-0.05, 0) is 12.1 Å². The van der Waals surface area contributed by atoms with E-state index in [0.29, 0.717) is 27.6 Å². The van der Waals surface area contributed by atoms with Crippen LogP contribution in [0.5, 0.6) is 5.88 Å². The maximum Gasteiger partial charge on any atom is 0.281 e. The molecule has 2 aromatic heterocycles. The molecule has 2 aromatic rings. The number of nitrogens with zero attached hydrogens (tertiary/aromatic N) is 1. The molecule has 1 amide bonds. The summed E-state index contributed by atoms with van der Waals surface area (Å²) in [5, 5.41) is 0.372. The van der Waals surface area contributed by atoms with Crippen LogP contribution in [0.15, 0.2) is 12.1 Å². The molecule has 7 heteroatoms. The number of aromatic nitrogens is 2. The molecule has 0 aliphatic heterocycles. The number of nitrogen functional groups attached to an aromatic ring is 1. The van der Waals surface area contributed by atoms with Crippen LogP contribution in [0.3, 0.4) is 0 Å². The fourth-order valence-electron chi connectivity index (χ4n) is 1.36. The summed E-state index contributed by atoms with van der Waals surface area (Å²) >= 11 is 5.89. The molecule has 0 atom stereocenters. The standard InChI is InChI=1S/C9H9ClN4O2/c1-16-9-4(10)2-5-6(13-9)3-7(12-5)8(15)14-11/h2-3,12H,11H2,1H3,(H,14,15). The molecule has 0 saturated carbocycles. The molecule has 2 rings (SSSR count). The van der Waals surface area contributed by atoms with Gasteiger partial charge in [0.15, 0.2) is 0 Å². The Morgan fingerprint density at radius 2 is 2.38 bits per heavy atom. The third-order valence-corrected chi connectivity index (χ3v) is 2.36. The number of methoxy groups -OCH3 is 1. The number of hydrazine groups is 1. The number of carbonyl (C=O) groups is 1. The number of aromatic amines is 1. The Labute approximate surface area is 95.7 Å². The maximum atomic E-state index is 11.3. The minimum absolute atomic E-state index is 0.313. The second kappa shape index (κ2) is 3.99.